The highest BCUT2D eigenvalue weighted by Crippen LogP contribution is 2.23. The van der Waals surface area contributed by atoms with Crippen LogP contribution in [-0.2, 0) is 21.8 Å². The van der Waals surface area contributed by atoms with Crippen LogP contribution in [0.4, 0.5) is 5.69 Å². The van der Waals surface area contributed by atoms with Gasteiger partial charge in [-0.15, -0.1) is 0 Å². The van der Waals surface area contributed by atoms with E-state index in [1.807, 2.05) is 0 Å². The normalized spacial score (nSPS) is 15.1. The minimum Gasteiger partial charge on any atom is -0.462 e. The Hall–Kier alpha value is -2.65. The van der Waals surface area contributed by atoms with Crippen molar-refractivity contribution in [2.24, 2.45) is 7.05 Å². The predicted octanol–water partition coefficient (Wildman–Crippen LogP) is 2.63. The maximum atomic E-state index is 12.8. The molecule has 0 atom stereocenters. The van der Waals surface area contributed by atoms with E-state index in [9.17, 15) is 18.0 Å². The van der Waals surface area contributed by atoms with E-state index in [1.165, 1.54) is 21.1 Å². The molecule has 0 bridgehead atoms. The Morgan fingerprint density at radius 3 is 2.38 bits per heavy atom. The van der Waals surface area contributed by atoms with Gasteiger partial charge >= 0.3 is 5.97 Å². The molecule has 1 aromatic carbocycles. The van der Waals surface area contributed by atoms with E-state index < -0.39 is 21.9 Å². The summed E-state index contributed by atoms with van der Waals surface area (Å²) in [6.07, 6.45) is 4.19. The van der Waals surface area contributed by atoms with Gasteiger partial charge in [0.1, 0.15) is 10.6 Å². The summed E-state index contributed by atoms with van der Waals surface area (Å²) in [5, 5.41) is 2.72. The first-order valence-electron chi connectivity index (χ1n) is 9.58. The van der Waals surface area contributed by atoms with Gasteiger partial charge in [0.25, 0.3) is 5.91 Å². The molecule has 29 heavy (non-hydrogen) atoms. The van der Waals surface area contributed by atoms with Crippen molar-refractivity contribution < 1.29 is 22.7 Å². The Kier molecular flexibility index (Phi) is 6.39. The number of hydrogen-bond acceptors (Lipinski definition) is 5. The van der Waals surface area contributed by atoms with E-state index >= 15 is 0 Å². The van der Waals surface area contributed by atoms with Crippen LogP contribution in [-0.4, -0.2) is 48.9 Å². The molecule has 8 nitrogen and oxygen atoms in total. The Bertz CT molecular complexity index is 990. The molecule has 1 aliphatic heterocycles. The van der Waals surface area contributed by atoms with Gasteiger partial charge in [0.15, 0.2) is 0 Å². The third-order valence-electron chi connectivity index (χ3n) is 4.82. The molecule has 1 aliphatic rings. The molecule has 1 fully saturated rings. The summed E-state index contributed by atoms with van der Waals surface area (Å²) in [6, 6.07) is 7.71. The molecule has 0 radical (unpaired) electrons. The zero-order chi connectivity index (χ0) is 21.0. The number of ether oxygens (including phenoxy) is 1. The van der Waals surface area contributed by atoms with E-state index in [0.29, 0.717) is 24.3 Å². The van der Waals surface area contributed by atoms with Crippen molar-refractivity contribution in [1.29, 1.82) is 0 Å². The number of anilines is 1. The molecular formula is C20H25N3O5S. The van der Waals surface area contributed by atoms with Crippen molar-refractivity contribution in [2.45, 2.75) is 31.1 Å². The van der Waals surface area contributed by atoms with Gasteiger partial charge in [0, 0.05) is 32.0 Å². The van der Waals surface area contributed by atoms with E-state index in [2.05, 4.69) is 5.32 Å². The minimum atomic E-state index is -3.61. The predicted molar refractivity (Wildman–Crippen MR) is 108 cm³/mol. The van der Waals surface area contributed by atoms with E-state index in [0.717, 1.165) is 19.3 Å². The van der Waals surface area contributed by atoms with Crippen LogP contribution in [0.25, 0.3) is 0 Å². The second-order valence-corrected chi connectivity index (χ2v) is 8.83. The first kappa shape index (κ1) is 21.1. The minimum absolute atomic E-state index is 0.115. The lowest BCUT2D eigenvalue weighted by Gasteiger charge is -2.25. The number of hydrogen-bond donors (Lipinski definition) is 1. The number of esters is 1. The van der Waals surface area contributed by atoms with Crippen LogP contribution in [0.5, 0.6) is 0 Å². The summed E-state index contributed by atoms with van der Waals surface area (Å²) in [5.41, 5.74) is 1.11. The van der Waals surface area contributed by atoms with Gasteiger partial charge in [-0.25, -0.2) is 13.2 Å². The topological polar surface area (TPSA) is 97.7 Å². The van der Waals surface area contributed by atoms with Gasteiger partial charge in [-0.1, -0.05) is 6.42 Å². The van der Waals surface area contributed by atoms with Crippen molar-refractivity contribution in [3.05, 3.63) is 47.8 Å². The van der Waals surface area contributed by atoms with E-state index in [1.54, 1.807) is 38.2 Å². The Morgan fingerprint density at radius 2 is 1.76 bits per heavy atom. The van der Waals surface area contributed by atoms with Crippen LogP contribution in [0.15, 0.2) is 41.4 Å². The average molecular weight is 420 g/mol. The number of piperidine rings is 1. The molecule has 0 spiro atoms. The number of aryl methyl sites for hydroxylation is 1. The standard InChI is InChI=1S/C20H25N3O5S/c1-3-28-20(25)15-7-9-16(10-8-15)21-19(24)18-13-17(14-22(18)2)29(26,27)23-11-5-4-6-12-23/h7-10,13-14H,3-6,11-12H2,1-2H3,(H,21,24). The largest absolute Gasteiger partial charge is 0.462 e. The summed E-state index contributed by atoms with van der Waals surface area (Å²) in [5.74, 6) is -0.864. The third-order valence-corrected chi connectivity index (χ3v) is 6.68. The van der Waals surface area contributed by atoms with Crippen LogP contribution in [0.1, 0.15) is 47.0 Å². The van der Waals surface area contributed by atoms with Crippen molar-refractivity contribution in [3.8, 4) is 0 Å². The fraction of sp³-hybridized carbons (Fsp3) is 0.400. The highest BCUT2D eigenvalue weighted by atomic mass is 32.2. The van der Waals surface area contributed by atoms with Gasteiger partial charge in [-0.2, -0.15) is 4.31 Å². The number of carbonyl (C=O) groups excluding carboxylic acids is 2. The second kappa shape index (κ2) is 8.79. The molecule has 1 aromatic heterocycles. The number of benzene rings is 1. The van der Waals surface area contributed by atoms with Crippen molar-refractivity contribution >= 4 is 27.6 Å². The number of nitrogens with one attached hydrogen (secondary N) is 1. The molecule has 1 saturated heterocycles. The van der Waals surface area contributed by atoms with Crippen LogP contribution >= 0.6 is 0 Å². The van der Waals surface area contributed by atoms with Crippen LogP contribution in [0, 0.1) is 0 Å². The van der Waals surface area contributed by atoms with Gasteiger partial charge in [-0.05, 0) is 50.1 Å². The lowest BCUT2D eigenvalue weighted by molar-refractivity contribution is 0.0526. The van der Waals surface area contributed by atoms with Gasteiger partial charge in [0.2, 0.25) is 10.0 Å². The van der Waals surface area contributed by atoms with Crippen molar-refractivity contribution in [1.82, 2.24) is 8.87 Å². The number of amides is 1. The number of sulfonamides is 1. The smallest absolute Gasteiger partial charge is 0.338 e. The molecule has 9 heteroatoms. The van der Waals surface area contributed by atoms with Crippen molar-refractivity contribution in [3.63, 3.8) is 0 Å². The number of aromatic nitrogens is 1. The second-order valence-electron chi connectivity index (χ2n) is 6.89. The molecule has 0 aliphatic carbocycles. The fourth-order valence-electron chi connectivity index (χ4n) is 3.25. The Balaban J connectivity index is 1.74. The van der Waals surface area contributed by atoms with Crippen LogP contribution in [0.3, 0.4) is 0 Å². The molecule has 156 valence electrons. The van der Waals surface area contributed by atoms with E-state index in [4.69, 9.17) is 4.74 Å². The summed E-state index contributed by atoms with van der Waals surface area (Å²) in [4.78, 5) is 24.5. The lowest BCUT2D eigenvalue weighted by Crippen LogP contribution is -2.35. The maximum Gasteiger partial charge on any atom is 0.338 e. The molecule has 0 unspecified atom stereocenters. The van der Waals surface area contributed by atoms with Crippen LogP contribution in [0.2, 0.25) is 0 Å². The van der Waals surface area contributed by atoms with E-state index in [-0.39, 0.29) is 17.2 Å². The first-order chi connectivity index (χ1) is 13.8. The van der Waals surface area contributed by atoms with Gasteiger partial charge in [-0.3, -0.25) is 4.79 Å². The van der Waals surface area contributed by atoms with Gasteiger partial charge in [0.05, 0.1) is 12.2 Å². The van der Waals surface area contributed by atoms with Crippen molar-refractivity contribution in [2.75, 3.05) is 25.0 Å². The molecule has 1 amide bonds. The lowest BCUT2D eigenvalue weighted by atomic mass is 10.2. The molecule has 3 rings (SSSR count). The number of carbonyl (C=O) groups is 2. The fourth-order valence-corrected chi connectivity index (χ4v) is 4.84. The molecular weight excluding hydrogens is 394 g/mol. The van der Waals surface area contributed by atoms with Gasteiger partial charge < -0.3 is 14.6 Å². The number of nitrogens with zero attached hydrogens (tertiary/aromatic N) is 2. The molecule has 2 heterocycles. The SMILES string of the molecule is CCOC(=O)c1ccc(NC(=O)c2cc(S(=O)(=O)N3CCCCC3)cn2C)cc1. The molecule has 1 N–H and O–H groups in total. The summed E-state index contributed by atoms with van der Waals surface area (Å²) in [7, 11) is -1.98. The zero-order valence-electron chi connectivity index (χ0n) is 16.6. The Morgan fingerprint density at radius 1 is 1.10 bits per heavy atom. The maximum absolute atomic E-state index is 12.8. The summed E-state index contributed by atoms with van der Waals surface area (Å²) >= 11 is 0. The number of rotatable bonds is 6. The summed E-state index contributed by atoms with van der Waals surface area (Å²) < 4.78 is 33.6. The first-order valence-corrected chi connectivity index (χ1v) is 11.0. The van der Waals surface area contributed by atoms with Crippen LogP contribution < -0.4 is 5.32 Å². The quantitative estimate of drug-likeness (QED) is 0.726. The third kappa shape index (κ3) is 4.68. The monoisotopic (exact) mass is 419 g/mol. The Labute approximate surface area is 170 Å². The zero-order valence-corrected chi connectivity index (χ0v) is 17.4. The summed E-state index contributed by atoms with van der Waals surface area (Å²) in [6.45, 7) is 3.02. The molecule has 0 saturated carbocycles. The molecule has 2 aromatic rings. The highest BCUT2D eigenvalue weighted by Gasteiger charge is 2.28. The highest BCUT2D eigenvalue weighted by molar-refractivity contribution is 7.89. The average Bonchev–Trinajstić information content (AvgIpc) is 3.12.